The van der Waals surface area contributed by atoms with Crippen molar-refractivity contribution < 1.29 is 9.18 Å². The monoisotopic (exact) mass is 395 g/mol. The average Bonchev–Trinajstić information content (AvgIpc) is 2.73. The van der Waals surface area contributed by atoms with E-state index in [4.69, 9.17) is 0 Å². The van der Waals surface area contributed by atoms with Crippen LogP contribution in [0.5, 0.6) is 0 Å². The summed E-state index contributed by atoms with van der Waals surface area (Å²) in [5.74, 6) is 0.417. The van der Waals surface area contributed by atoms with E-state index >= 15 is 0 Å². The van der Waals surface area contributed by atoms with Gasteiger partial charge in [-0.15, -0.1) is 0 Å². The van der Waals surface area contributed by atoms with Crippen LogP contribution in [-0.2, 0) is 11.2 Å². The standard InChI is InChI=1S/C24H30FN3O/c1-17(2)11-12-26-24(29)21-15-18-5-3-4-6-22(18)28-14-13-27(16-23(21)28)20-9-7-19(25)8-10-20/h3-10,17,21,23H,11-16H2,1-2H3,(H,26,29)/t21-,23+/m1/s1. The summed E-state index contributed by atoms with van der Waals surface area (Å²) >= 11 is 0. The van der Waals surface area contributed by atoms with Gasteiger partial charge in [-0.3, -0.25) is 4.79 Å². The fourth-order valence-electron chi connectivity index (χ4n) is 4.56. The maximum absolute atomic E-state index is 13.4. The number of benzene rings is 2. The van der Waals surface area contributed by atoms with Crippen molar-refractivity contribution in [3.05, 3.63) is 59.9 Å². The molecular formula is C24H30FN3O. The van der Waals surface area contributed by atoms with Crippen LogP contribution >= 0.6 is 0 Å². The van der Waals surface area contributed by atoms with Gasteiger partial charge in [-0.05, 0) is 54.7 Å². The summed E-state index contributed by atoms with van der Waals surface area (Å²) in [5, 5.41) is 3.18. The first-order valence-electron chi connectivity index (χ1n) is 10.7. The minimum absolute atomic E-state index is 0.0830. The van der Waals surface area contributed by atoms with Crippen LogP contribution in [0.25, 0.3) is 0 Å². The second kappa shape index (κ2) is 8.44. The number of carbonyl (C=O) groups excluding carboxylic acids is 1. The van der Waals surface area contributed by atoms with Crippen molar-refractivity contribution in [2.45, 2.75) is 32.7 Å². The van der Waals surface area contributed by atoms with Gasteiger partial charge in [-0.25, -0.2) is 4.39 Å². The number of anilines is 2. The number of piperazine rings is 1. The smallest absolute Gasteiger partial charge is 0.225 e. The molecule has 1 N–H and O–H groups in total. The molecule has 0 aliphatic carbocycles. The van der Waals surface area contributed by atoms with E-state index in [2.05, 4.69) is 53.2 Å². The van der Waals surface area contributed by atoms with E-state index in [-0.39, 0.29) is 23.7 Å². The number of hydrogen-bond donors (Lipinski definition) is 1. The van der Waals surface area contributed by atoms with Crippen LogP contribution in [0.2, 0.25) is 0 Å². The maximum atomic E-state index is 13.4. The molecule has 0 saturated carbocycles. The Labute approximate surface area is 172 Å². The Bertz CT molecular complexity index is 851. The SMILES string of the molecule is CC(C)CCNC(=O)[C@@H]1Cc2ccccc2N2CCN(c3ccc(F)cc3)C[C@@H]12. The number of fused-ring (bicyclic) bond motifs is 3. The zero-order chi connectivity index (χ0) is 20.4. The molecule has 0 aromatic heterocycles. The Morgan fingerprint density at radius 3 is 2.66 bits per heavy atom. The van der Waals surface area contributed by atoms with Gasteiger partial charge >= 0.3 is 0 Å². The second-order valence-electron chi connectivity index (χ2n) is 8.60. The molecule has 0 unspecified atom stereocenters. The van der Waals surface area contributed by atoms with Crippen molar-refractivity contribution >= 4 is 17.3 Å². The van der Waals surface area contributed by atoms with E-state index in [1.807, 2.05) is 12.1 Å². The van der Waals surface area contributed by atoms with Crippen molar-refractivity contribution in [3.8, 4) is 0 Å². The van der Waals surface area contributed by atoms with Crippen LogP contribution in [-0.4, -0.2) is 38.1 Å². The maximum Gasteiger partial charge on any atom is 0.225 e. The molecule has 2 aliphatic rings. The molecule has 0 bridgehead atoms. The highest BCUT2D eigenvalue weighted by atomic mass is 19.1. The normalized spacial score (nSPS) is 21.0. The van der Waals surface area contributed by atoms with Crippen molar-refractivity contribution in [2.24, 2.45) is 11.8 Å². The summed E-state index contributed by atoms with van der Waals surface area (Å²) in [6.07, 6.45) is 1.76. The number of nitrogens with zero attached hydrogens (tertiary/aromatic N) is 2. The molecular weight excluding hydrogens is 365 g/mol. The van der Waals surface area contributed by atoms with E-state index in [0.29, 0.717) is 5.92 Å². The summed E-state index contributed by atoms with van der Waals surface area (Å²) in [6.45, 7) is 7.55. The van der Waals surface area contributed by atoms with Gasteiger partial charge in [-0.2, -0.15) is 0 Å². The Morgan fingerprint density at radius 1 is 1.14 bits per heavy atom. The average molecular weight is 396 g/mol. The highest BCUT2D eigenvalue weighted by molar-refractivity contribution is 5.82. The molecule has 2 atom stereocenters. The Kier molecular flexibility index (Phi) is 5.74. The van der Waals surface area contributed by atoms with Gasteiger partial charge in [-0.1, -0.05) is 32.0 Å². The van der Waals surface area contributed by atoms with Gasteiger partial charge in [0.15, 0.2) is 0 Å². The minimum Gasteiger partial charge on any atom is -0.368 e. The van der Waals surface area contributed by atoms with E-state index in [1.54, 1.807) is 0 Å². The first-order valence-corrected chi connectivity index (χ1v) is 10.7. The summed E-state index contributed by atoms with van der Waals surface area (Å²) in [7, 11) is 0. The van der Waals surface area contributed by atoms with E-state index in [9.17, 15) is 9.18 Å². The molecule has 29 heavy (non-hydrogen) atoms. The molecule has 5 heteroatoms. The molecule has 4 rings (SSSR count). The summed E-state index contributed by atoms with van der Waals surface area (Å²) < 4.78 is 13.4. The molecule has 0 radical (unpaired) electrons. The van der Waals surface area contributed by atoms with Crippen molar-refractivity contribution in [2.75, 3.05) is 36.0 Å². The van der Waals surface area contributed by atoms with Crippen LogP contribution in [0, 0.1) is 17.7 Å². The first kappa shape index (κ1) is 19.7. The molecule has 2 heterocycles. The lowest BCUT2D eigenvalue weighted by Crippen LogP contribution is -2.61. The third-order valence-electron chi connectivity index (χ3n) is 6.17. The third-order valence-corrected chi connectivity index (χ3v) is 6.17. The fourth-order valence-corrected chi connectivity index (χ4v) is 4.56. The quantitative estimate of drug-likeness (QED) is 0.835. The Balaban J connectivity index is 1.57. The summed E-state index contributed by atoms with van der Waals surface area (Å²) in [6, 6.07) is 15.2. The molecule has 2 aliphatic heterocycles. The van der Waals surface area contributed by atoms with Crippen LogP contribution in [0.4, 0.5) is 15.8 Å². The van der Waals surface area contributed by atoms with Crippen molar-refractivity contribution in [1.29, 1.82) is 0 Å². The second-order valence-corrected chi connectivity index (χ2v) is 8.60. The number of rotatable bonds is 5. The summed E-state index contributed by atoms with van der Waals surface area (Å²) in [5.41, 5.74) is 3.52. The van der Waals surface area contributed by atoms with Crippen LogP contribution in [0.15, 0.2) is 48.5 Å². The zero-order valence-corrected chi connectivity index (χ0v) is 17.3. The van der Waals surface area contributed by atoms with Crippen LogP contribution in [0.3, 0.4) is 0 Å². The van der Waals surface area contributed by atoms with Crippen LogP contribution in [0.1, 0.15) is 25.8 Å². The lowest BCUT2D eigenvalue weighted by molar-refractivity contribution is -0.125. The van der Waals surface area contributed by atoms with Gasteiger partial charge < -0.3 is 15.1 Å². The van der Waals surface area contributed by atoms with Gasteiger partial charge in [0.05, 0.1) is 12.0 Å². The Hall–Kier alpha value is -2.56. The fraction of sp³-hybridized carbons (Fsp3) is 0.458. The number of halogens is 1. The van der Waals surface area contributed by atoms with Crippen LogP contribution < -0.4 is 15.1 Å². The number of amides is 1. The molecule has 2 aromatic rings. The first-order chi connectivity index (χ1) is 14.0. The number of hydrogen-bond acceptors (Lipinski definition) is 3. The molecule has 154 valence electrons. The molecule has 2 aromatic carbocycles. The number of nitrogens with one attached hydrogen (secondary N) is 1. The molecule has 0 spiro atoms. The molecule has 1 saturated heterocycles. The topological polar surface area (TPSA) is 35.6 Å². The highest BCUT2D eigenvalue weighted by Gasteiger charge is 2.41. The van der Waals surface area contributed by atoms with Gasteiger partial charge in [0, 0.05) is 37.6 Å². The van der Waals surface area contributed by atoms with Gasteiger partial charge in [0.1, 0.15) is 5.82 Å². The van der Waals surface area contributed by atoms with E-state index < -0.39 is 0 Å². The Morgan fingerprint density at radius 2 is 1.90 bits per heavy atom. The lowest BCUT2D eigenvalue weighted by atomic mass is 9.83. The van der Waals surface area contributed by atoms with Crippen molar-refractivity contribution in [1.82, 2.24) is 5.32 Å². The highest BCUT2D eigenvalue weighted by Crippen LogP contribution is 2.36. The summed E-state index contributed by atoms with van der Waals surface area (Å²) in [4.78, 5) is 17.8. The van der Waals surface area contributed by atoms with E-state index in [1.165, 1.54) is 23.4 Å². The third kappa shape index (κ3) is 4.24. The van der Waals surface area contributed by atoms with Gasteiger partial charge in [0.25, 0.3) is 0 Å². The number of carbonyl (C=O) groups is 1. The largest absolute Gasteiger partial charge is 0.368 e. The number of para-hydroxylation sites is 1. The molecule has 4 nitrogen and oxygen atoms in total. The van der Waals surface area contributed by atoms with Gasteiger partial charge in [0.2, 0.25) is 5.91 Å². The predicted molar refractivity (Wildman–Crippen MR) is 116 cm³/mol. The molecule has 1 fully saturated rings. The predicted octanol–water partition coefficient (Wildman–Crippen LogP) is 3.86. The van der Waals surface area contributed by atoms with E-state index in [0.717, 1.165) is 44.7 Å². The minimum atomic E-state index is -0.221. The van der Waals surface area contributed by atoms with Crippen molar-refractivity contribution in [3.63, 3.8) is 0 Å². The molecule has 1 amide bonds. The zero-order valence-electron chi connectivity index (χ0n) is 17.3. The lowest BCUT2D eigenvalue weighted by Gasteiger charge is -2.49.